The van der Waals surface area contributed by atoms with Crippen molar-refractivity contribution in [3.63, 3.8) is 0 Å². The molecule has 0 aliphatic heterocycles. The lowest BCUT2D eigenvalue weighted by Crippen LogP contribution is -1.95. The zero-order chi connectivity index (χ0) is 8.59. The molecule has 0 aliphatic rings. The third-order valence-electron chi connectivity index (χ3n) is 1.99. The van der Waals surface area contributed by atoms with Crippen LogP contribution in [0.15, 0.2) is 0 Å². The normalized spacial score (nSPS) is 11.0. The standard InChI is InChI=1S/C8H15N3/c1-5(2)7-6(3)11(4)10-8(7)9/h5H,1-4H3,(H2,9,10). The van der Waals surface area contributed by atoms with Gasteiger partial charge in [0.25, 0.3) is 0 Å². The maximum atomic E-state index is 5.71. The molecule has 0 unspecified atom stereocenters. The molecule has 0 spiro atoms. The van der Waals surface area contributed by atoms with E-state index < -0.39 is 0 Å². The van der Waals surface area contributed by atoms with Crippen LogP contribution in [0.25, 0.3) is 0 Å². The van der Waals surface area contributed by atoms with E-state index in [0.29, 0.717) is 11.7 Å². The maximum absolute atomic E-state index is 5.71. The molecule has 1 rings (SSSR count). The molecular formula is C8H15N3. The second-order valence-corrected chi connectivity index (χ2v) is 3.16. The Balaban J connectivity index is 3.22. The van der Waals surface area contributed by atoms with Crippen LogP contribution < -0.4 is 5.73 Å². The fourth-order valence-corrected chi connectivity index (χ4v) is 1.36. The van der Waals surface area contributed by atoms with Crippen LogP contribution in [0.4, 0.5) is 5.82 Å². The molecule has 0 bridgehead atoms. The fourth-order valence-electron chi connectivity index (χ4n) is 1.36. The molecule has 1 heterocycles. The molecule has 2 N–H and O–H groups in total. The van der Waals surface area contributed by atoms with Gasteiger partial charge in [0.15, 0.2) is 0 Å². The number of nitrogens with two attached hydrogens (primary N) is 1. The van der Waals surface area contributed by atoms with Crippen LogP contribution in [0.3, 0.4) is 0 Å². The average Bonchev–Trinajstić information content (AvgIpc) is 2.07. The van der Waals surface area contributed by atoms with Gasteiger partial charge in [-0.1, -0.05) is 13.8 Å². The molecule has 0 radical (unpaired) electrons. The van der Waals surface area contributed by atoms with E-state index in [1.165, 1.54) is 5.56 Å². The summed E-state index contributed by atoms with van der Waals surface area (Å²) in [5.41, 5.74) is 8.05. The van der Waals surface area contributed by atoms with Crippen LogP contribution in [-0.4, -0.2) is 9.78 Å². The highest BCUT2D eigenvalue weighted by Gasteiger charge is 2.12. The van der Waals surface area contributed by atoms with E-state index in [4.69, 9.17) is 5.73 Å². The highest BCUT2D eigenvalue weighted by Crippen LogP contribution is 2.23. The predicted octanol–water partition coefficient (Wildman–Crippen LogP) is 1.43. The highest BCUT2D eigenvalue weighted by atomic mass is 15.3. The summed E-state index contributed by atoms with van der Waals surface area (Å²) in [6, 6.07) is 0. The van der Waals surface area contributed by atoms with E-state index in [2.05, 4.69) is 18.9 Å². The first kappa shape index (κ1) is 8.11. The molecule has 3 heteroatoms. The van der Waals surface area contributed by atoms with Crippen LogP contribution >= 0.6 is 0 Å². The van der Waals surface area contributed by atoms with Crippen molar-refractivity contribution in [2.24, 2.45) is 7.05 Å². The zero-order valence-electron chi connectivity index (χ0n) is 7.55. The minimum Gasteiger partial charge on any atom is -0.382 e. The second-order valence-electron chi connectivity index (χ2n) is 3.16. The van der Waals surface area contributed by atoms with Crippen LogP contribution in [0.5, 0.6) is 0 Å². The van der Waals surface area contributed by atoms with Crippen molar-refractivity contribution in [3.8, 4) is 0 Å². The van der Waals surface area contributed by atoms with Crippen LogP contribution in [0.2, 0.25) is 0 Å². The molecule has 0 saturated carbocycles. The van der Waals surface area contributed by atoms with Gasteiger partial charge < -0.3 is 5.73 Å². The molecule has 0 aromatic carbocycles. The van der Waals surface area contributed by atoms with Gasteiger partial charge in [0.1, 0.15) is 5.82 Å². The number of nitrogen functional groups attached to an aromatic ring is 1. The Morgan fingerprint density at radius 3 is 2.18 bits per heavy atom. The molecule has 3 nitrogen and oxygen atoms in total. The zero-order valence-corrected chi connectivity index (χ0v) is 7.55. The van der Waals surface area contributed by atoms with Crippen molar-refractivity contribution in [2.75, 3.05) is 5.73 Å². The van der Waals surface area contributed by atoms with E-state index in [0.717, 1.165) is 5.69 Å². The molecule has 0 aliphatic carbocycles. The minimum absolute atomic E-state index is 0.462. The van der Waals surface area contributed by atoms with Crippen LogP contribution in [0.1, 0.15) is 31.0 Å². The number of hydrogen-bond acceptors (Lipinski definition) is 2. The van der Waals surface area contributed by atoms with Crippen molar-refractivity contribution in [1.29, 1.82) is 0 Å². The quantitative estimate of drug-likeness (QED) is 0.663. The first-order chi connectivity index (χ1) is 5.04. The van der Waals surface area contributed by atoms with E-state index in [-0.39, 0.29) is 0 Å². The van der Waals surface area contributed by atoms with Gasteiger partial charge >= 0.3 is 0 Å². The molecule has 11 heavy (non-hydrogen) atoms. The summed E-state index contributed by atoms with van der Waals surface area (Å²) >= 11 is 0. The van der Waals surface area contributed by atoms with Crippen molar-refractivity contribution in [1.82, 2.24) is 9.78 Å². The number of aryl methyl sites for hydroxylation is 1. The van der Waals surface area contributed by atoms with Gasteiger partial charge in [-0.3, -0.25) is 4.68 Å². The lowest BCUT2D eigenvalue weighted by molar-refractivity contribution is 0.735. The van der Waals surface area contributed by atoms with Crippen molar-refractivity contribution in [3.05, 3.63) is 11.3 Å². The van der Waals surface area contributed by atoms with Crippen molar-refractivity contribution in [2.45, 2.75) is 26.7 Å². The summed E-state index contributed by atoms with van der Waals surface area (Å²) in [6.45, 7) is 6.29. The molecule has 0 amide bonds. The third-order valence-corrected chi connectivity index (χ3v) is 1.99. The molecule has 62 valence electrons. The maximum Gasteiger partial charge on any atom is 0.149 e. The number of anilines is 1. The molecule has 1 aromatic rings. The Kier molecular flexibility index (Phi) is 1.89. The molecule has 0 saturated heterocycles. The van der Waals surface area contributed by atoms with Gasteiger partial charge in [-0.15, -0.1) is 0 Å². The topological polar surface area (TPSA) is 43.8 Å². The monoisotopic (exact) mass is 153 g/mol. The van der Waals surface area contributed by atoms with Gasteiger partial charge in [-0.25, -0.2) is 0 Å². The Bertz CT molecular complexity index is 261. The number of nitrogens with zero attached hydrogens (tertiary/aromatic N) is 2. The number of hydrogen-bond donors (Lipinski definition) is 1. The first-order valence-electron chi connectivity index (χ1n) is 3.83. The molecule has 1 aromatic heterocycles. The second kappa shape index (κ2) is 2.57. The summed E-state index contributed by atoms with van der Waals surface area (Å²) < 4.78 is 1.82. The average molecular weight is 153 g/mol. The number of rotatable bonds is 1. The van der Waals surface area contributed by atoms with E-state index in [1.54, 1.807) is 0 Å². The van der Waals surface area contributed by atoms with Crippen LogP contribution in [0, 0.1) is 6.92 Å². The molecule has 0 atom stereocenters. The molecule has 0 fully saturated rings. The van der Waals surface area contributed by atoms with Gasteiger partial charge in [0.2, 0.25) is 0 Å². The first-order valence-corrected chi connectivity index (χ1v) is 3.83. The predicted molar refractivity (Wildman–Crippen MR) is 46.4 cm³/mol. The smallest absolute Gasteiger partial charge is 0.149 e. The van der Waals surface area contributed by atoms with Crippen LogP contribution in [-0.2, 0) is 7.05 Å². The van der Waals surface area contributed by atoms with E-state index in [1.807, 2.05) is 18.7 Å². The van der Waals surface area contributed by atoms with Gasteiger partial charge in [0, 0.05) is 18.3 Å². The lowest BCUT2D eigenvalue weighted by Gasteiger charge is -2.03. The Morgan fingerprint density at radius 2 is 2.00 bits per heavy atom. The summed E-state index contributed by atoms with van der Waals surface area (Å²) in [7, 11) is 1.91. The Morgan fingerprint density at radius 1 is 1.45 bits per heavy atom. The highest BCUT2D eigenvalue weighted by molar-refractivity contribution is 5.44. The van der Waals surface area contributed by atoms with Gasteiger partial charge in [-0.2, -0.15) is 5.10 Å². The summed E-state index contributed by atoms with van der Waals surface area (Å²) in [5, 5.41) is 4.13. The summed E-state index contributed by atoms with van der Waals surface area (Å²) in [6.07, 6.45) is 0. The van der Waals surface area contributed by atoms with Crippen molar-refractivity contribution < 1.29 is 0 Å². The largest absolute Gasteiger partial charge is 0.382 e. The lowest BCUT2D eigenvalue weighted by atomic mass is 10.0. The molecular weight excluding hydrogens is 138 g/mol. The number of aromatic nitrogens is 2. The van der Waals surface area contributed by atoms with E-state index in [9.17, 15) is 0 Å². The Hall–Kier alpha value is -0.990. The van der Waals surface area contributed by atoms with Crippen molar-refractivity contribution >= 4 is 5.82 Å². The van der Waals surface area contributed by atoms with E-state index >= 15 is 0 Å². The third kappa shape index (κ3) is 1.23. The van der Waals surface area contributed by atoms with Gasteiger partial charge in [0.05, 0.1) is 0 Å². The fraction of sp³-hybridized carbons (Fsp3) is 0.625. The minimum atomic E-state index is 0.462. The Labute approximate surface area is 67.2 Å². The SMILES string of the molecule is Cc1c(C(C)C)c(N)nn1C. The summed E-state index contributed by atoms with van der Waals surface area (Å²) in [5.74, 6) is 1.13. The summed E-state index contributed by atoms with van der Waals surface area (Å²) in [4.78, 5) is 0. The van der Waals surface area contributed by atoms with Gasteiger partial charge in [-0.05, 0) is 12.8 Å².